The number of rotatable bonds is 8. The van der Waals surface area contributed by atoms with E-state index in [-0.39, 0.29) is 24.0 Å². The summed E-state index contributed by atoms with van der Waals surface area (Å²) in [6.07, 6.45) is 0.890. The molecule has 1 amide bonds. The number of esters is 1. The minimum absolute atomic E-state index is 0.0906. The lowest BCUT2D eigenvalue weighted by atomic mass is 10.1. The van der Waals surface area contributed by atoms with Gasteiger partial charge in [-0.05, 0) is 43.2 Å². The van der Waals surface area contributed by atoms with E-state index in [1.807, 2.05) is 43.3 Å². The lowest BCUT2D eigenvalue weighted by molar-refractivity contribution is -0.121. The largest absolute Gasteiger partial charge is 0.465 e. The van der Waals surface area contributed by atoms with Crippen molar-refractivity contribution in [3.8, 4) is 0 Å². The molecular formula is C22H25N3O4. The van der Waals surface area contributed by atoms with Crippen LogP contribution < -0.4 is 11.0 Å². The third kappa shape index (κ3) is 4.56. The number of aryl methyl sites for hydroxylation is 2. The zero-order chi connectivity index (χ0) is 20.8. The van der Waals surface area contributed by atoms with Crippen LogP contribution in [-0.2, 0) is 29.0 Å². The molecule has 0 unspecified atom stereocenters. The van der Waals surface area contributed by atoms with Crippen LogP contribution >= 0.6 is 0 Å². The molecule has 1 heterocycles. The van der Waals surface area contributed by atoms with Gasteiger partial charge in [0.25, 0.3) is 0 Å². The van der Waals surface area contributed by atoms with Crippen LogP contribution in [-0.4, -0.2) is 34.7 Å². The summed E-state index contributed by atoms with van der Waals surface area (Å²) >= 11 is 0. The lowest BCUT2D eigenvalue weighted by Gasteiger charge is -2.07. The van der Waals surface area contributed by atoms with E-state index in [0.717, 1.165) is 16.6 Å². The van der Waals surface area contributed by atoms with Crippen LogP contribution in [0, 0.1) is 0 Å². The molecule has 1 aromatic heterocycles. The number of fused-ring (bicyclic) bond motifs is 1. The Morgan fingerprint density at radius 3 is 2.28 bits per heavy atom. The molecule has 7 nitrogen and oxygen atoms in total. The predicted molar refractivity (Wildman–Crippen MR) is 111 cm³/mol. The Morgan fingerprint density at radius 1 is 1.00 bits per heavy atom. The second kappa shape index (κ2) is 9.23. The van der Waals surface area contributed by atoms with Gasteiger partial charge in [0.2, 0.25) is 5.91 Å². The van der Waals surface area contributed by atoms with Gasteiger partial charge in [0.15, 0.2) is 0 Å². The summed E-state index contributed by atoms with van der Waals surface area (Å²) in [4.78, 5) is 36.2. The number of carbonyl (C=O) groups excluding carboxylic acids is 2. The maximum Gasteiger partial charge on any atom is 0.337 e. The number of hydrogen-bond donors (Lipinski definition) is 1. The number of para-hydroxylation sites is 2. The van der Waals surface area contributed by atoms with Gasteiger partial charge in [-0.2, -0.15) is 0 Å². The van der Waals surface area contributed by atoms with Crippen LogP contribution in [0.4, 0.5) is 0 Å². The first kappa shape index (κ1) is 20.4. The molecule has 0 aliphatic heterocycles. The minimum Gasteiger partial charge on any atom is -0.465 e. The highest BCUT2D eigenvalue weighted by molar-refractivity contribution is 5.89. The van der Waals surface area contributed by atoms with E-state index >= 15 is 0 Å². The van der Waals surface area contributed by atoms with Crippen molar-refractivity contribution in [3.05, 3.63) is 70.1 Å². The number of methoxy groups -OCH3 is 1. The number of nitrogens with zero attached hydrogens (tertiary/aromatic N) is 2. The molecule has 0 saturated heterocycles. The summed E-state index contributed by atoms with van der Waals surface area (Å²) in [5, 5.41) is 2.89. The molecule has 3 rings (SSSR count). The van der Waals surface area contributed by atoms with Crippen LogP contribution in [0.25, 0.3) is 11.0 Å². The van der Waals surface area contributed by atoms with Crippen molar-refractivity contribution in [1.82, 2.24) is 14.5 Å². The zero-order valence-corrected chi connectivity index (χ0v) is 16.7. The highest BCUT2D eigenvalue weighted by atomic mass is 16.5. The highest BCUT2D eigenvalue weighted by Gasteiger charge is 2.12. The molecule has 0 fully saturated rings. The van der Waals surface area contributed by atoms with Gasteiger partial charge in [0.1, 0.15) is 0 Å². The Kier molecular flexibility index (Phi) is 6.49. The predicted octanol–water partition coefficient (Wildman–Crippen LogP) is 2.36. The molecule has 29 heavy (non-hydrogen) atoms. The Bertz CT molecular complexity index is 1060. The molecule has 0 aliphatic rings. The summed E-state index contributed by atoms with van der Waals surface area (Å²) in [7, 11) is 1.35. The third-order valence-electron chi connectivity index (χ3n) is 4.91. The average molecular weight is 395 g/mol. The lowest BCUT2D eigenvalue weighted by Crippen LogP contribution is -2.29. The summed E-state index contributed by atoms with van der Waals surface area (Å²) < 4.78 is 8.04. The van der Waals surface area contributed by atoms with E-state index in [9.17, 15) is 14.4 Å². The van der Waals surface area contributed by atoms with Gasteiger partial charge in [-0.3, -0.25) is 13.9 Å². The Hall–Kier alpha value is -3.35. The fourth-order valence-electron chi connectivity index (χ4n) is 3.37. The third-order valence-corrected chi connectivity index (χ3v) is 4.91. The van der Waals surface area contributed by atoms with Gasteiger partial charge >= 0.3 is 11.7 Å². The topological polar surface area (TPSA) is 82.3 Å². The van der Waals surface area contributed by atoms with Crippen LogP contribution in [0.2, 0.25) is 0 Å². The number of hydrogen-bond acceptors (Lipinski definition) is 4. The number of ether oxygens (including phenoxy) is 1. The van der Waals surface area contributed by atoms with Gasteiger partial charge < -0.3 is 10.1 Å². The molecule has 0 spiro atoms. The smallest absolute Gasteiger partial charge is 0.337 e. The Balaban J connectivity index is 1.53. The average Bonchev–Trinajstić information content (AvgIpc) is 3.02. The normalized spacial score (nSPS) is 10.8. The van der Waals surface area contributed by atoms with E-state index < -0.39 is 0 Å². The molecule has 0 atom stereocenters. The molecule has 3 aromatic rings. The molecular weight excluding hydrogens is 370 g/mol. The Labute approximate surface area is 168 Å². The van der Waals surface area contributed by atoms with Crippen LogP contribution in [0.5, 0.6) is 0 Å². The number of carbonyl (C=O) groups is 2. The number of benzene rings is 2. The fraction of sp³-hybridized carbons (Fsp3) is 0.318. The monoisotopic (exact) mass is 395 g/mol. The molecule has 0 radical (unpaired) electrons. The van der Waals surface area contributed by atoms with Crippen molar-refractivity contribution in [3.63, 3.8) is 0 Å². The first-order valence-corrected chi connectivity index (χ1v) is 9.67. The van der Waals surface area contributed by atoms with Crippen molar-refractivity contribution < 1.29 is 14.3 Å². The number of imidazole rings is 1. The van der Waals surface area contributed by atoms with Crippen molar-refractivity contribution in [1.29, 1.82) is 0 Å². The van der Waals surface area contributed by atoms with Crippen molar-refractivity contribution in [2.75, 3.05) is 13.7 Å². The maximum absolute atomic E-state index is 12.6. The van der Waals surface area contributed by atoms with E-state index in [0.29, 0.717) is 31.6 Å². The first-order valence-electron chi connectivity index (χ1n) is 9.67. The summed E-state index contributed by atoms with van der Waals surface area (Å²) in [5.41, 5.74) is 3.15. The second-order valence-corrected chi connectivity index (χ2v) is 6.71. The van der Waals surface area contributed by atoms with Gasteiger partial charge in [-0.1, -0.05) is 24.3 Å². The van der Waals surface area contributed by atoms with Gasteiger partial charge in [-0.25, -0.2) is 9.59 Å². The van der Waals surface area contributed by atoms with Crippen LogP contribution in [0.1, 0.15) is 29.3 Å². The molecule has 0 bridgehead atoms. The van der Waals surface area contributed by atoms with E-state index in [1.165, 1.54) is 7.11 Å². The van der Waals surface area contributed by atoms with Gasteiger partial charge in [0.05, 0.1) is 23.7 Å². The van der Waals surface area contributed by atoms with Crippen LogP contribution in [0.3, 0.4) is 0 Å². The molecule has 0 saturated carbocycles. The SMILES string of the molecule is CCn1c(=O)n(CCC(=O)NCCc2ccc(C(=O)OC)cc2)c2ccccc21. The van der Waals surface area contributed by atoms with E-state index in [4.69, 9.17) is 0 Å². The standard InChI is InChI=1S/C22H25N3O4/c1-3-24-18-6-4-5-7-19(18)25(22(24)28)15-13-20(26)23-14-12-16-8-10-17(11-9-16)21(27)29-2/h4-11H,3,12-15H2,1-2H3,(H,23,26). The number of amides is 1. The van der Waals surface area contributed by atoms with E-state index in [1.54, 1.807) is 21.3 Å². The number of aromatic nitrogens is 2. The number of nitrogens with one attached hydrogen (secondary N) is 1. The van der Waals surface area contributed by atoms with E-state index in [2.05, 4.69) is 10.1 Å². The molecule has 152 valence electrons. The summed E-state index contributed by atoms with van der Waals surface area (Å²) in [6.45, 7) is 3.35. The molecule has 2 aromatic carbocycles. The Morgan fingerprint density at radius 2 is 1.66 bits per heavy atom. The quantitative estimate of drug-likeness (QED) is 0.594. The zero-order valence-electron chi connectivity index (χ0n) is 16.7. The minimum atomic E-state index is -0.371. The van der Waals surface area contributed by atoms with Gasteiger partial charge in [-0.15, -0.1) is 0 Å². The van der Waals surface area contributed by atoms with Gasteiger partial charge in [0, 0.05) is 26.1 Å². The summed E-state index contributed by atoms with van der Waals surface area (Å²) in [6, 6.07) is 14.7. The fourth-order valence-corrected chi connectivity index (χ4v) is 3.37. The summed E-state index contributed by atoms with van der Waals surface area (Å²) in [5.74, 6) is -0.471. The van der Waals surface area contributed by atoms with Crippen LogP contribution in [0.15, 0.2) is 53.3 Å². The highest BCUT2D eigenvalue weighted by Crippen LogP contribution is 2.13. The van der Waals surface area contributed by atoms with Crippen molar-refractivity contribution >= 4 is 22.9 Å². The molecule has 7 heteroatoms. The second-order valence-electron chi connectivity index (χ2n) is 6.71. The first-order chi connectivity index (χ1) is 14.0. The molecule has 0 aliphatic carbocycles. The van der Waals surface area contributed by atoms with Crippen molar-refractivity contribution in [2.45, 2.75) is 32.9 Å². The van der Waals surface area contributed by atoms with Crippen molar-refractivity contribution in [2.24, 2.45) is 0 Å². The maximum atomic E-state index is 12.6. The molecule has 1 N–H and O–H groups in total.